The van der Waals surface area contributed by atoms with Gasteiger partial charge in [-0.3, -0.25) is 4.79 Å². The van der Waals surface area contributed by atoms with Crippen LogP contribution in [0.4, 0.5) is 0 Å². The van der Waals surface area contributed by atoms with Gasteiger partial charge in [0.1, 0.15) is 11.5 Å². The summed E-state index contributed by atoms with van der Waals surface area (Å²) in [5, 5.41) is 0. The van der Waals surface area contributed by atoms with Crippen LogP contribution in [0.15, 0.2) is 36.9 Å². The number of rotatable bonds is 8. The molecule has 24 heavy (non-hydrogen) atoms. The maximum Gasteiger partial charge on any atom is 0.207 e. The van der Waals surface area contributed by atoms with E-state index in [1.807, 2.05) is 44.2 Å². The van der Waals surface area contributed by atoms with Gasteiger partial charge in [-0.25, -0.2) is 0 Å². The molecule has 0 spiro atoms. The van der Waals surface area contributed by atoms with Crippen LogP contribution >= 0.6 is 0 Å². The molecule has 2 rings (SSSR count). The van der Waals surface area contributed by atoms with Crippen molar-refractivity contribution in [3.05, 3.63) is 42.5 Å². The average Bonchev–Trinajstić information content (AvgIpc) is 2.62. The molecule has 0 aromatic heterocycles. The third-order valence-electron chi connectivity index (χ3n) is 4.70. The molecule has 1 heterocycles. The molecule has 0 atom stereocenters. The number of ketones is 1. The van der Waals surface area contributed by atoms with E-state index < -0.39 is 11.2 Å². The number of unbranched alkanes of at least 4 members (excludes halogenated alkanes) is 1. The van der Waals surface area contributed by atoms with Crippen LogP contribution in [0.2, 0.25) is 0 Å². The van der Waals surface area contributed by atoms with Crippen molar-refractivity contribution in [1.29, 1.82) is 0 Å². The lowest BCUT2D eigenvalue weighted by atomic mass is 9.73. The Hall–Kier alpha value is -1.65. The Morgan fingerprint density at radius 3 is 2.46 bits per heavy atom. The number of allylic oxidation sites excluding steroid dienone is 1. The molecular formula is C20H28O4. The molecule has 0 amide bonds. The molecule has 0 unspecified atom stereocenters. The van der Waals surface area contributed by atoms with Crippen LogP contribution in [0.25, 0.3) is 0 Å². The van der Waals surface area contributed by atoms with E-state index in [9.17, 15) is 4.79 Å². The van der Waals surface area contributed by atoms with Gasteiger partial charge in [-0.2, -0.15) is 0 Å². The van der Waals surface area contributed by atoms with E-state index >= 15 is 0 Å². The Morgan fingerprint density at radius 2 is 1.92 bits per heavy atom. The average molecular weight is 332 g/mol. The highest BCUT2D eigenvalue weighted by Gasteiger charge is 2.54. The van der Waals surface area contributed by atoms with Crippen LogP contribution in [0.5, 0.6) is 5.75 Å². The monoisotopic (exact) mass is 332 g/mol. The van der Waals surface area contributed by atoms with Gasteiger partial charge in [0.05, 0.1) is 25.7 Å². The predicted molar refractivity (Wildman–Crippen MR) is 94.0 cm³/mol. The Bertz CT molecular complexity index is 554. The summed E-state index contributed by atoms with van der Waals surface area (Å²) in [6.45, 7) is 8.70. The molecule has 1 fully saturated rings. The minimum atomic E-state index is -1.05. The van der Waals surface area contributed by atoms with Gasteiger partial charge in [0, 0.05) is 12.0 Å². The van der Waals surface area contributed by atoms with Crippen molar-refractivity contribution in [3.8, 4) is 5.75 Å². The molecule has 0 radical (unpaired) electrons. The largest absolute Gasteiger partial charge is 0.497 e. The zero-order chi connectivity index (χ0) is 17.6. The Labute approximate surface area is 144 Å². The molecule has 0 aliphatic carbocycles. The number of hydrogen-bond donors (Lipinski definition) is 0. The number of carbonyl (C=O) groups is 1. The van der Waals surface area contributed by atoms with Gasteiger partial charge in [0.2, 0.25) is 5.79 Å². The lowest BCUT2D eigenvalue weighted by molar-refractivity contribution is -0.319. The van der Waals surface area contributed by atoms with E-state index in [-0.39, 0.29) is 5.78 Å². The third-order valence-corrected chi connectivity index (χ3v) is 4.70. The first-order valence-electron chi connectivity index (χ1n) is 8.54. The molecule has 1 aromatic carbocycles. The van der Waals surface area contributed by atoms with E-state index in [1.54, 1.807) is 7.11 Å². The van der Waals surface area contributed by atoms with Gasteiger partial charge in [0.15, 0.2) is 0 Å². The van der Waals surface area contributed by atoms with E-state index in [4.69, 9.17) is 14.2 Å². The van der Waals surface area contributed by atoms with E-state index in [0.717, 1.165) is 30.6 Å². The molecule has 1 aromatic rings. The summed E-state index contributed by atoms with van der Waals surface area (Å²) in [4.78, 5) is 12.9. The maximum atomic E-state index is 12.9. The predicted octanol–water partition coefficient (Wildman–Crippen LogP) is 4.24. The summed E-state index contributed by atoms with van der Waals surface area (Å²) in [6.07, 6.45) is 4.79. The second-order valence-corrected chi connectivity index (χ2v) is 6.62. The van der Waals surface area contributed by atoms with Crippen LogP contribution < -0.4 is 4.74 Å². The van der Waals surface area contributed by atoms with Crippen molar-refractivity contribution in [2.75, 3.05) is 20.3 Å². The van der Waals surface area contributed by atoms with Crippen molar-refractivity contribution in [2.24, 2.45) is 5.41 Å². The van der Waals surface area contributed by atoms with Gasteiger partial charge in [-0.05, 0) is 57.4 Å². The molecule has 132 valence electrons. The van der Waals surface area contributed by atoms with Gasteiger partial charge in [0.25, 0.3) is 0 Å². The first-order chi connectivity index (χ1) is 11.5. The fourth-order valence-corrected chi connectivity index (χ4v) is 3.13. The van der Waals surface area contributed by atoms with Crippen molar-refractivity contribution in [2.45, 2.75) is 45.3 Å². The SMILES string of the molecule is C=CCCCC(=O)C(C)(C)C1(c2ccc(OC)cc2)OCCCO1. The number of carbonyl (C=O) groups excluding carboxylic acids is 1. The van der Waals surface area contributed by atoms with Crippen molar-refractivity contribution >= 4 is 5.78 Å². The Balaban J connectivity index is 2.34. The fourth-order valence-electron chi connectivity index (χ4n) is 3.13. The highest BCUT2D eigenvalue weighted by atomic mass is 16.7. The summed E-state index contributed by atoms with van der Waals surface area (Å²) in [5.74, 6) is -0.148. The summed E-state index contributed by atoms with van der Waals surface area (Å²) in [5.41, 5.74) is 0.0634. The zero-order valence-corrected chi connectivity index (χ0v) is 15.0. The van der Waals surface area contributed by atoms with Gasteiger partial charge < -0.3 is 14.2 Å². The van der Waals surface area contributed by atoms with Crippen LogP contribution in [0.1, 0.15) is 45.1 Å². The van der Waals surface area contributed by atoms with E-state index in [2.05, 4.69) is 6.58 Å². The van der Waals surface area contributed by atoms with Crippen molar-refractivity contribution in [1.82, 2.24) is 0 Å². The van der Waals surface area contributed by atoms with Crippen LogP contribution in [0.3, 0.4) is 0 Å². The second-order valence-electron chi connectivity index (χ2n) is 6.62. The molecular weight excluding hydrogens is 304 g/mol. The first-order valence-corrected chi connectivity index (χ1v) is 8.54. The van der Waals surface area contributed by atoms with Gasteiger partial charge in [-0.15, -0.1) is 6.58 Å². The molecule has 1 saturated heterocycles. The van der Waals surface area contributed by atoms with Crippen molar-refractivity contribution in [3.63, 3.8) is 0 Å². The second kappa shape index (κ2) is 7.95. The minimum Gasteiger partial charge on any atom is -0.497 e. The topological polar surface area (TPSA) is 44.8 Å². The maximum absolute atomic E-state index is 12.9. The third kappa shape index (κ3) is 3.55. The molecule has 1 aliphatic rings. The molecule has 4 nitrogen and oxygen atoms in total. The standard InChI is InChI=1S/C20H28O4/c1-5-6-7-9-18(21)19(2,3)20(23-14-8-15-24-20)16-10-12-17(22-4)13-11-16/h5,10-13H,1,6-9,14-15H2,2-4H3. The number of methoxy groups -OCH3 is 1. The first kappa shape index (κ1) is 18.7. The number of hydrogen-bond acceptors (Lipinski definition) is 4. The van der Waals surface area contributed by atoms with Crippen LogP contribution in [-0.2, 0) is 20.1 Å². The Morgan fingerprint density at radius 1 is 1.29 bits per heavy atom. The molecule has 1 aliphatic heterocycles. The van der Waals surface area contributed by atoms with E-state index in [0.29, 0.717) is 19.6 Å². The van der Waals surface area contributed by atoms with E-state index in [1.165, 1.54) is 0 Å². The quantitative estimate of drug-likeness (QED) is 0.528. The normalized spacial score (nSPS) is 17.3. The minimum absolute atomic E-state index is 0.141. The molecule has 0 saturated carbocycles. The molecule has 0 N–H and O–H groups in total. The number of Topliss-reactive ketones (excluding diaryl/α,β-unsaturated/α-hetero) is 1. The fraction of sp³-hybridized carbons (Fsp3) is 0.550. The summed E-state index contributed by atoms with van der Waals surface area (Å²) < 4.78 is 17.5. The van der Waals surface area contributed by atoms with Gasteiger partial charge >= 0.3 is 0 Å². The molecule has 4 heteroatoms. The van der Waals surface area contributed by atoms with Gasteiger partial charge in [-0.1, -0.05) is 6.08 Å². The molecule has 0 bridgehead atoms. The summed E-state index contributed by atoms with van der Waals surface area (Å²) in [7, 11) is 1.63. The summed E-state index contributed by atoms with van der Waals surface area (Å²) >= 11 is 0. The zero-order valence-electron chi connectivity index (χ0n) is 15.0. The highest BCUT2D eigenvalue weighted by molar-refractivity contribution is 5.85. The Kier molecular flexibility index (Phi) is 6.19. The lowest BCUT2D eigenvalue weighted by Gasteiger charge is -2.47. The van der Waals surface area contributed by atoms with Crippen molar-refractivity contribution < 1.29 is 19.0 Å². The highest BCUT2D eigenvalue weighted by Crippen LogP contribution is 2.47. The van der Waals surface area contributed by atoms with Crippen LogP contribution in [0, 0.1) is 5.41 Å². The summed E-state index contributed by atoms with van der Waals surface area (Å²) in [6, 6.07) is 7.58. The van der Waals surface area contributed by atoms with Crippen LogP contribution in [-0.4, -0.2) is 26.1 Å². The number of benzene rings is 1. The smallest absolute Gasteiger partial charge is 0.207 e. The lowest BCUT2D eigenvalue weighted by Crippen LogP contribution is -2.53. The number of ether oxygens (including phenoxy) is 3.